The Labute approximate surface area is 137 Å². The van der Waals surface area contributed by atoms with Gasteiger partial charge in [-0.2, -0.15) is 0 Å². The van der Waals surface area contributed by atoms with E-state index in [4.69, 9.17) is 12.2 Å². The third-order valence-corrected chi connectivity index (χ3v) is 4.50. The second kappa shape index (κ2) is 7.36. The standard InChI is InChI=1S/C18H21N3S/c22-18(20-13-15-7-2-1-3-8-15)21-12-5-4-10-17(21)16-9-6-11-19-14-16/h1-3,6-9,11,14,17H,4-5,10,12-13H2,(H,20,22)/t17-/m1/s1. The number of pyridine rings is 1. The van der Waals surface area contributed by atoms with Crippen LogP contribution in [-0.2, 0) is 6.54 Å². The normalized spacial score (nSPS) is 18.0. The Kier molecular flexibility index (Phi) is 5.01. The zero-order chi connectivity index (χ0) is 15.2. The van der Waals surface area contributed by atoms with Crippen molar-refractivity contribution in [3.63, 3.8) is 0 Å². The third-order valence-electron chi connectivity index (χ3n) is 4.12. The lowest BCUT2D eigenvalue weighted by Crippen LogP contribution is -2.44. The van der Waals surface area contributed by atoms with Crippen LogP contribution in [0.2, 0.25) is 0 Å². The van der Waals surface area contributed by atoms with E-state index >= 15 is 0 Å². The number of piperidine rings is 1. The summed E-state index contributed by atoms with van der Waals surface area (Å²) in [5.74, 6) is 0. The molecule has 3 rings (SSSR count). The van der Waals surface area contributed by atoms with E-state index in [1.807, 2.05) is 24.5 Å². The van der Waals surface area contributed by atoms with E-state index in [-0.39, 0.29) is 0 Å². The van der Waals surface area contributed by atoms with Gasteiger partial charge in [0.1, 0.15) is 0 Å². The molecule has 1 aliphatic rings. The number of rotatable bonds is 3. The number of hydrogen-bond acceptors (Lipinski definition) is 2. The summed E-state index contributed by atoms with van der Waals surface area (Å²) < 4.78 is 0. The Balaban J connectivity index is 1.66. The maximum Gasteiger partial charge on any atom is 0.169 e. The molecule has 114 valence electrons. The third kappa shape index (κ3) is 3.63. The van der Waals surface area contributed by atoms with Gasteiger partial charge in [0.2, 0.25) is 0 Å². The van der Waals surface area contributed by atoms with Gasteiger partial charge in [-0.05, 0) is 48.7 Å². The molecule has 1 atom stereocenters. The summed E-state index contributed by atoms with van der Waals surface area (Å²) in [6.45, 7) is 1.79. The van der Waals surface area contributed by atoms with Crippen molar-refractivity contribution in [1.82, 2.24) is 15.2 Å². The molecule has 0 bridgehead atoms. The highest BCUT2D eigenvalue weighted by Gasteiger charge is 2.25. The van der Waals surface area contributed by atoms with Crippen molar-refractivity contribution in [1.29, 1.82) is 0 Å². The van der Waals surface area contributed by atoms with Crippen LogP contribution < -0.4 is 5.32 Å². The van der Waals surface area contributed by atoms with Crippen LogP contribution in [0.4, 0.5) is 0 Å². The fraction of sp³-hybridized carbons (Fsp3) is 0.333. The second-order valence-electron chi connectivity index (χ2n) is 5.64. The van der Waals surface area contributed by atoms with E-state index in [0.717, 1.165) is 24.6 Å². The van der Waals surface area contributed by atoms with E-state index < -0.39 is 0 Å². The van der Waals surface area contributed by atoms with Gasteiger partial charge in [0.05, 0.1) is 6.04 Å². The monoisotopic (exact) mass is 311 g/mol. The number of thiocarbonyl (C=S) groups is 1. The van der Waals surface area contributed by atoms with Gasteiger partial charge in [-0.3, -0.25) is 4.98 Å². The first kappa shape index (κ1) is 15.0. The number of nitrogens with zero attached hydrogens (tertiary/aromatic N) is 2. The van der Waals surface area contributed by atoms with Gasteiger partial charge in [0.25, 0.3) is 0 Å². The van der Waals surface area contributed by atoms with Crippen molar-refractivity contribution >= 4 is 17.3 Å². The van der Waals surface area contributed by atoms with Crippen molar-refractivity contribution in [2.75, 3.05) is 6.54 Å². The first-order chi connectivity index (χ1) is 10.8. The Morgan fingerprint density at radius 2 is 2.05 bits per heavy atom. The van der Waals surface area contributed by atoms with Crippen molar-refractivity contribution in [3.8, 4) is 0 Å². The van der Waals surface area contributed by atoms with Crippen LogP contribution in [0.5, 0.6) is 0 Å². The van der Waals surface area contributed by atoms with Crippen LogP contribution in [0.1, 0.15) is 36.4 Å². The highest BCUT2D eigenvalue weighted by molar-refractivity contribution is 7.80. The van der Waals surface area contributed by atoms with Crippen LogP contribution >= 0.6 is 12.2 Å². The molecular weight excluding hydrogens is 290 g/mol. The number of likely N-dealkylation sites (tertiary alicyclic amines) is 1. The summed E-state index contributed by atoms with van der Waals surface area (Å²) >= 11 is 5.64. The molecular formula is C18H21N3S. The van der Waals surface area contributed by atoms with Gasteiger partial charge in [-0.25, -0.2) is 0 Å². The van der Waals surface area contributed by atoms with E-state index in [9.17, 15) is 0 Å². The number of aromatic nitrogens is 1. The van der Waals surface area contributed by atoms with E-state index in [2.05, 4.69) is 45.5 Å². The molecule has 1 fully saturated rings. The number of nitrogens with one attached hydrogen (secondary N) is 1. The topological polar surface area (TPSA) is 28.2 Å². The molecule has 0 radical (unpaired) electrons. The summed E-state index contributed by atoms with van der Waals surface area (Å²) in [4.78, 5) is 6.58. The maximum absolute atomic E-state index is 5.64. The average molecular weight is 311 g/mol. The molecule has 4 heteroatoms. The van der Waals surface area contributed by atoms with Crippen molar-refractivity contribution in [2.45, 2.75) is 31.8 Å². The summed E-state index contributed by atoms with van der Waals surface area (Å²) in [5, 5.41) is 4.25. The molecule has 1 aromatic heterocycles. The number of hydrogen-bond donors (Lipinski definition) is 1. The minimum absolute atomic E-state index is 0.346. The van der Waals surface area contributed by atoms with Gasteiger partial charge in [-0.15, -0.1) is 0 Å². The minimum Gasteiger partial charge on any atom is -0.358 e. The molecule has 0 saturated carbocycles. The highest BCUT2D eigenvalue weighted by atomic mass is 32.1. The van der Waals surface area contributed by atoms with Gasteiger partial charge in [0.15, 0.2) is 5.11 Å². The predicted octanol–water partition coefficient (Wildman–Crippen LogP) is 3.68. The molecule has 1 saturated heterocycles. The van der Waals surface area contributed by atoms with Crippen molar-refractivity contribution < 1.29 is 0 Å². The van der Waals surface area contributed by atoms with Gasteiger partial charge < -0.3 is 10.2 Å². The lowest BCUT2D eigenvalue weighted by Gasteiger charge is -2.37. The second-order valence-corrected chi connectivity index (χ2v) is 6.02. The average Bonchev–Trinajstić information content (AvgIpc) is 2.61. The quantitative estimate of drug-likeness (QED) is 0.875. The zero-order valence-corrected chi connectivity index (χ0v) is 13.4. The highest BCUT2D eigenvalue weighted by Crippen LogP contribution is 2.30. The molecule has 1 aromatic carbocycles. The van der Waals surface area contributed by atoms with Gasteiger partial charge >= 0.3 is 0 Å². The molecule has 0 unspecified atom stereocenters. The Morgan fingerprint density at radius 1 is 1.18 bits per heavy atom. The van der Waals surface area contributed by atoms with E-state index in [1.54, 1.807) is 0 Å². The summed E-state index contributed by atoms with van der Waals surface area (Å²) in [6, 6.07) is 14.9. The Morgan fingerprint density at radius 3 is 2.82 bits per heavy atom. The molecule has 0 spiro atoms. The fourth-order valence-electron chi connectivity index (χ4n) is 2.97. The van der Waals surface area contributed by atoms with Crippen LogP contribution in [0, 0.1) is 0 Å². The van der Waals surface area contributed by atoms with E-state index in [1.165, 1.54) is 24.0 Å². The van der Waals surface area contributed by atoms with Crippen molar-refractivity contribution in [3.05, 3.63) is 66.0 Å². The number of benzene rings is 1. The van der Waals surface area contributed by atoms with Gasteiger partial charge in [0, 0.05) is 25.5 Å². The molecule has 0 amide bonds. The fourth-order valence-corrected chi connectivity index (χ4v) is 3.26. The molecule has 2 heterocycles. The Bertz CT molecular complexity index is 600. The molecule has 1 aliphatic heterocycles. The zero-order valence-electron chi connectivity index (χ0n) is 12.6. The van der Waals surface area contributed by atoms with Crippen LogP contribution in [0.25, 0.3) is 0 Å². The van der Waals surface area contributed by atoms with Crippen LogP contribution in [-0.4, -0.2) is 21.5 Å². The summed E-state index contributed by atoms with van der Waals surface area (Å²) in [6.07, 6.45) is 7.37. The SMILES string of the molecule is S=C(NCc1ccccc1)N1CCCC[C@@H]1c1cccnc1. The largest absolute Gasteiger partial charge is 0.358 e. The minimum atomic E-state index is 0.346. The molecule has 0 aliphatic carbocycles. The molecule has 22 heavy (non-hydrogen) atoms. The van der Waals surface area contributed by atoms with Gasteiger partial charge in [-0.1, -0.05) is 36.4 Å². The van der Waals surface area contributed by atoms with Crippen molar-refractivity contribution in [2.24, 2.45) is 0 Å². The molecule has 2 aromatic rings. The predicted molar refractivity (Wildman–Crippen MR) is 93.4 cm³/mol. The smallest absolute Gasteiger partial charge is 0.169 e. The lowest BCUT2D eigenvalue weighted by molar-refractivity contribution is 0.241. The molecule has 3 nitrogen and oxygen atoms in total. The first-order valence-corrected chi connectivity index (χ1v) is 8.24. The van der Waals surface area contributed by atoms with Crippen LogP contribution in [0.15, 0.2) is 54.9 Å². The maximum atomic E-state index is 5.64. The van der Waals surface area contributed by atoms with E-state index in [0.29, 0.717) is 6.04 Å². The molecule has 1 N–H and O–H groups in total. The first-order valence-electron chi connectivity index (χ1n) is 7.83. The summed E-state index contributed by atoms with van der Waals surface area (Å²) in [7, 11) is 0. The lowest BCUT2D eigenvalue weighted by atomic mass is 9.97. The Hall–Kier alpha value is -1.94. The van der Waals surface area contributed by atoms with Crippen LogP contribution in [0.3, 0.4) is 0 Å². The summed E-state index contributed by atoms with van der Waals surface area (Å²) in [5.41, 5.74) is 2.51.